The van der Waals surface area contributed by atoms with Crippen molar-refractivity contribution in [3.63, 3.8) is 0 Å². The maximum atomic E-state index is 3.03. The van der Waals surface area contributed by atoms with E-state index in [9.17, 15) is 0 Å². The summed E-state index contributed by atoms with van der Waals surface area (Å²) < 4.78 is 0. The van der Waals surface area contributed by atoms with Gasteiger partial charge in [-0.15, -0.1) is 0 Å². The molecule has 0 aromatic heterocycles. The van der Waals surface area contributed by atoms with Gasteiger partial charge in [0.2, 0.25) is 0 Å². The first kappa shape index (κ1) is 6.54. The lowest BCUT2D eigenvalue weighted by atomic mass is 10.4. The quantitative estimate of drug-likeness (QED) is 0.553. The summed E-state index contributed by atoms with van der Waals surface area (Å²) in [6, 6.07) is 0. The standard InChI is InChI=1S/C6H13N/c1-4-5-6(2)7-3/h5,7H,4H2,1-3H3. The fourth-order valence-electron chi connectivity index (χ4n) is 0.408. The van der Waals surface area contributed by atoms with Crippen molar-refractivity contribution in [3.05, 3.63) is 11.8 Å². The Balaban J connectivity index is 3.29. The van der Waals surface area contributed by atoms with E-state index >= 15 is 0 Å². The van der Waals surface area contributed by atoms with Crippen molar-refractivity contribution >= 4 is 0 Å². The fourth-order valence-corrected chi connectivity index (χ4v) is 0.408. The average molecular weight is 99.2 g/mol. The summed E-state index contributed by atoms with van der Waals surface area (Å²) in [5, 5.41) is 3.03. The molecule has 0 aliphatic rings. The Morgan fingerprint density at radius 2 is 2.29 bits per heavy atom. The van der Waals surface area contributed by atoms with Crippen LogP contribution in [0.25, 0.3) is 0 Å². The summed E-state index contributed by atoms with van der Waals surface area (Å²) in [5.74, 6) is 0. The summed E-state index contributed by atoms with van der Waals surface area (Å²) in [6.45, 7) is 4.18. The third-order valence-electron chi connectivity index (χ3n) is 0.905. The highest BCUT2D eigenvalue weighted by molar-refractivity contribution is 4.92. The van der Waals surface area contributed by atoms with E-state index < -0.39 is 0 Å². The third-order valence-corrected chi connectivity index (χ3v) is 0.905. The second kappa shape index (κ2) is 3.72. The molecule has 1 heteroatoms. The molecule has 1 nitrogen and oxygen atoms in total. The van der Waals surface area contributed by atoms with Crippen LogP contribution >= 0.6 is 0 Å². The zero-order valence-corrected chi connectivity index (χ0v) is 5.28. The highest BCUT2D eigenvalue weighted by atomic mass is 14.8. The molecule has 7 heavy (non-hydrogen) atoms. The largest absolute Gasteiger partial charge is 0.392 e. The number of allylic oxidation sites excluding steroid dienone is 2. The Labute approximate surface area is 45.4 Å². The summed E-state index contributed by atoms with van der Waals surface area (Å²) in [4.78, 5) is 0. The molecule has 0 heterocycles. The Bertz CT molecular complexity index is 64.6. The molecule has 0 saturated heterocycles. The molecule has 0 rings (SSSR count). The zero-order chi connectivity index (χ0) is 5.70. The van der Waals surface area contributed by atoms with Gasteiger partial charge >= 0.3 is 0 Å². The normalized spacial score (nSPS) is 11.6. The van der Waals surface area contributed by atoms with Crippen LogP contribution in [0.5, 0.6) is 0 Å². The van der Waals surface area contributed by atoms with Crippen molar-refractivity contribution in [3.8, 4) is 0 Å². The molecule has 1 N–H and O–H groups in total. The molecule has 0 radical (unpaired) electrons. The Morgan fingerprint density at radius 1 is 1.71 bits per heavy atom. The van der Waals surface area contributed by atoms with Crippen LogP contribution in [0.15, 0.2) is 11.8 Å². The molecule has 0 amide bonds. The monoisotopic (exact) mass is 99.1 g/mol. The van der Waals surface area contributed by atoms with Gasteiger partial charge in [0.05, 0.1) is 0 Å². The van der Waals surface area contributed by atoms with Crippen LogP contribution in [-0.4, -0.2) is 7.05 Å². The lowest BCUT2D eigenvalue weighted by Crippen LogP contribution is -2.00. The Kier molecular flexibility index (Phi) is 3.48. The highest BCUT2D eigenvalue weighted by Crippen LogP contribution is 1.85. The summed E-state index contributed by atoms with van der Waals surface area (Å²) in [7, 11) is 1.93. The van der Waals surface area contributed by atoms with Crippen LogP contribution in [-0.2, 0) is 0 Å². The number of hydrogen-bond donors (Lipinski definition) is 1. The minimum atomic E-state index is 1.12. The summed E-state index contributed by atoms with van der Waals surface area (Å²) in [5.41, 5.74) is 1.25. The maximum absolute atomic E-state index is 3.03. The molecular weight excluding hydrogens is 86.1 g/mol. The molecule has 0 aromatic carbocycles. The van der Waals surface area contributed by atoms with Crippen LogP contribution in [0, 0.1) is 0 Å². The SMILES string of the molecule is CCC=C(C)NC. The van der Waals surface area contributed by atoms with Gasteiger partial charge in [-0.05, 0) is 13.3 Å². The van der Waals surface area contributed by atoms with Gasteiger partial charge in [-0.2, -0.15) is 0 Å². The molecule has 0 atom stereocenters. The predicted octanol–water partition coefficient (Wildman–Crippen LogP) is 1.52. The van der Waals surface area contributed by atoms with Gasteiger partial charge in [0.25, 0.3) is 0 Å². The minimum absolute atomic E-state index is 1.12. The Morgan fingerprint density at radius 3 is 2.43 bits per heavy atom. The van der Waals surface area contributed by atoms with Gasteiger partial charge in [0, 0.05) is 12.7 Å². The maximum Gasteiger partial charge on any atom is 0.00318 e. The van der Waals surface area contributed by atoms with Gasteiger partial charge in [0.1, 0.15) is 0 Å². The van der Waals surface area contributed by atoms with E-state index in [1.807, 2.05) is 7.05 Å². The molecule has 0 saturated carbocycles. The van der Waals surface area contributed by atoms with Crippen LogP contribution < -0.4 is 5.32 Å². The molecule has 0 aromatic rings. The molecule has 0 bridgehead atoms. The van der Waals surface area contributed by atoms with Gasteiger partial charge in [-0.3, -0.25) is 0 Å². The smallest absolute Gasteiger partial charge is 0.00318 e. The molecular formula is C6H13N. The number of hydrogen-bond acceptors (Lipinski definition) is 1. The van der Waals surface area contributed by atoms with Crippen molar-refractivity contribution in [2.24, 2.45) is 0 Å². The number of rotatable bonds is 2. The molecule has 0 fully saturated rings. The molecule has 42 valence electrons. The van der Waals surface area contributed by atoms with E-state index in [1.54, 1.807) is 0 Å². The van der Waals surface area contributed by atoms with Crippen LogP contribution in [0.1, 0.15) is 20.3 Å². The van der Waals surface area contributed by atoms with E-state index in [0.717, 1.165) is 6.42 Å². The van der Waals surface area contributed by atoms with Crippen LogP contribution in [0.4, 0.5) is 0 Å². The van der Waals surface area contributed by atoms with Gasteiger partial charge < -0.3 is 5.32 Å². The summed E-state index contributed by atoms with van der Waals surface area (Å²) >= 11 is 0. The van der Waals surface area contributed by atoms with E-state index in [0.29, 0.717) is 0 Å². The van der Waals surface area contributed by atoms with Gasteiger partial charge in [0.15, 0.2) is 0 Å². The van der Waals surface area contributed by atoms with E-state index in [2.05, 4.69) is 25.2 Å². The second-order valence-corrected chi connectivity index (χ2v) is 1.55. The highest BCUT2D eigenvalue weighted by Gasteiger charge is 1.74. The fraction of sp³-hybridized carbons (Fsp3) is 0.667. The van der Waals surface area contributed by atoms with Crippen LogP contribution in [0.2, 0.25) is 0 Å². The first-order chi connectivity index (χ1) is 3.31. The Hall–Kier alpha value is -0.460. The van der Waals surface area contributed by atoms with E-state index in [1.165, 1.54) is 5.70 Å². The lowest BCUT2D eigenvalue weighted by molar-refractivity contribution is 0.967. The molecule has 0 unspecified atom stereocenters. The third kappa shape index (κ3) is 3.37. The second-order valence-electron chi connectivity index (χ2n) is 1.55. The summed E-state index contributed by atoms with van der Waals surface area (Å²) in [6.07, 6.45) is 3.27. The van der Waals surface area contributed by atoms with Crippen molar-refractivity contribution in [1.82, 2.24) is 5.32 Å². The van der Waals surface area contributed by atoms with Crippen LogP contribution in [0.3, 0.4) is 0 Å². The van der Waals surface area contributed by atoms with E-state index in [-0.39, 0.29) is 0 Å². The molecule has 0 aliphatic heterocycles. The van der Waals surface area contributed by atoms with Gasteiger partial charge in [-0.25, -0.2) is 0 Å². The van der Waals surface area contributed by atoms with Crippen molar-refractivity contribution < 1.29 is 0 Å². The van der Waals surface area contributed by atoms with Crippen molar-refractivity contribution in [1.29, 1.82) is 0 Å². The van der Waals surface area contributed by atoms with Crippen molar-refractivity contribution in [2.75, 3.05) is 7.05 Å². The number of nitrogens with one attached hydrogen (secondary N) is 1. The topological polar surface area (TPSA) is 12.0 Å². The first-order valence-electron chi connectivity index (χ1n) is 2.65. The molecule has 0 aliphatic carbocycles. The lowest BCUT2D eigenvalue weighted by Gasteiger charge is -1.93. The van der Waals surface area contributed by atoms with Crippen molar-refractivity contribution in [2.45, 2.75) is 20.3 Å². The van der Waals surface area contributed by atoms with Gasteiger partial charge in [-0.1, -0.05) is 13.0 Å². The zero-order valence-electron chi connectivity index (χ0n) is 5.28. The van der Waals surface area contributed by atoms with E-state index in [4.69, 9.17) is 0 Å². The predicted molar refractivity (Wildman–Crippen MR) is 33.1 cm³/mol. The average Bonchev–Trinajstić information content (AvgIpc) is 1.68. The minimum Gasteiger partial charge on any atom is -0.392 e. The first-order valence-corrected chi connectivity index (χ1v) is 2.65. The molecule has 0 spiro atoms.